The molecule has 3 amide bonds. The second kappa shape index (κ2) is 10.6. The summed E-state index contributed by atoms with van der Waals surface area (Å²) in [5.74, 6) is -1.79. The number of nitrogens with zero attached hydrogens (tertiary/aromatic N) is 4. The SMILES string of the molecule is Cn1c(=O)n(C2CCC(=O)NC2=O)c2ccc(CCCN3CCN(C(=O)OC(C)(C)C)C[C@H]3C(=O)O)cc21. The lowest BCUT2D eigenvalue weighted by molar-refractivity contribution is -0.145. The molecule has 0 saturated carbocycles. The number of imidazole rings is 1. The number of hydrogen-bond donors (Lipinski definition) is 2. The quantitative estimate of drug-likeness (QED) is 0.533. The van der Waals surface area contributed by atoms with Gasteiger partial charge in [0.05, 0.1) is 17.6 Å². The Morgan fingerprint density at radius 1 is 1.13 bits per heavy atom. The van der Waals surface area contributed by atoms with E-state index in [-0.39, 0.29) is 31.0 Å². The van der Waals surface area contributed by atoms with Crippen LogP contribution in [0.4, 0.5) is 4.79 Å². The first-order chi connectivity index (χ1) is 17.9. The normalized spacial score (nSPS) is 21.0. The smallest absolute Gasteiger partial charge is 0.410 e. The zero-order valence-electron chi connectivity index (χ0n) is 22.2. The maximum atomic E-state index is 13.0. The fourth-order valence-electron chi connectivity index (χ4n) is 5.10. The van der Waals surface area contributed by atoms with E-state index >= 15 is 0 Å². The zero-order valence-corrected chi connectivity index (χ0v) is 22.2. The van der Waals surface area contributed by atoms with Gasteiger partial charge in [-0.15, -0.1) is 0 Å². The minimum atomic E-state index is -0.982. The Labute approximate surface area is 220 Å². The first kappa shape index (κ1) is 27.4. The molecule has 2 atom stereocenters. The molecule has 206 valence electrons. The molecule has 1 unspecified atom stereocenters. The first-order valence-electron chi connectivity index (χ1n) is 12.8. The summed E-state index contributed by atoms with van der Waals surface area (Å²) in [5.41, 5.74) is 1.32. The number of carbonyl (C=O) groups is 4. The molecule has 2 aromatic rings. The summed E-state index contributed by atoms with van der Waals surface area (Å²) in [6.07, 6.45) is 1.29. The summed E-state index contributed by atoms with van der Waals surface area (Å²) in [6.45, 7) is 6.73. The molecule has 38 heavy (non-hydrogen) atoms. The highest BCUT2D eigenvalue weighted by molar-refractivity contribution is 6.00. The van der Waals surface area contributed by atoms with Crippen LogP contribution in [-0.2, 0) is 32.6 Å². The Hall–Kier alpha value is -3.67. The minimum Gasteiger partial charge on any atom is -0.480 e. The van der Waals surface area contributed by atoms with Gasteiger partial charge in [-0.2, -0.15) is 0 Å². The molecule has 1 aromatic carbocycles. The molecular weight excluding hydrogens is 494 g/mol. The van der Waals surface area contributed by atoms with Crippen LogP contribution in [0.5, 0.6) is 0 Å². The van der Waals surface area contributed by atoms with Gasteiger partial charge in [-0.25, -0.2) is 9.59 Å². The number of rotatable bonds is 6. The second-order valence-electron chi connectivity index (χ2n) is 10.9. The minimum absolute atomic E-state index is 0.0617. The molecule has 0 aliphatic carbocycles. The van der Waals surface area contributed by atoms with Crippen LogP contribution < -0.4 is 11.0 Å². The monoisotopic (exact) mass is 529 g/mol. The van der Waals surface area contributed by atoms with Crippen LogP contribution in [0.3, 0.4) is 0 Å². The van der Waals surface area contributed by atoms with E-state index in [2.05, 4.69) is 5.32 Å². The molecule has 0 bridgehead atoms. The van der Waals surface area contributed by atoms with E-state index in [1.165, 1.54) is 14.0 Å². The van der Waals surface area contributed by atoms with Crippen molar-refractivity contribution in [3.05, 3.63) is 34.2 Å². The summed E-state index contributed by atoms with van der Waals surface area (Å²) in [5, 5.41) is 12.1. The maximum absolute atomic E-state index is 13.0. The van der Waals surface area contributed by atoms with Crippen LogP contribution in [0.1, 0.15) is 51.6 Å². The van der Waals surface area contributed by atoms with Crippen molar-refractivity contribution < 1.29 is 29.0 Å². The maximum Gasteiger partial charge on any atom is 0.410 e. The number of imide groups is 1. The highest BCUT2D eigenvalue weighted by Crippen LogP contribution is 2.24. The lowest BCUT2D eigenvalue weighted by Crippen LogP contribution is -2.58. The average molecular weight is 530 g/mol. The molecule has 3 heterocycles. The van der Waals surface area contributed by atoms with Crippen molar-refractivity contribution in [1.82, 2.24) is 24.3 Å². The largest absolute Gasteiger partial charge is 0.480 e. The molecule has 12 heteroatoms. The Morgan fingerprint density at radius 2 is 1.87 bits per heavy atom. The van der Waals surface area contributed by atoms with Gasteiger partial charge in [0.1, 0.15) is 17.7 Å². The lowest BCUT2D eigenvalue weighted by atomic mass is 10.0. The van der Waals surface area contributed by atoms with E-state index in [0.717, 1.165) is 5.56 Å². The highest BCUT2D eigenvalue weighted by atomic mass is 16.6. The van der Waals surface area contributed by atoms with Gasteiger partial charge in [0, 0.05) is 26.6 Å². The van der Waals surface area contributed by atoms with Gasteiger partial charge >= 0.3 is 17.8 Å². The molecule has 0 spiro atoms. The Bertz CT molecular complexity index is 1320. The van der Waals surface area contributed by atoms with E-state index < -0.39 is 35.7 Å². The number of aliphatic carboxylic acids is 1. The Morgan fingerprint density at radius 3 is 2.53 bits per heavy atom. The predicted molar refractivity (Wildman–Crippen MR) is 138 cm³/mol. The van der Waals surface area contributed by atoms with E-state index in [9.17, 15) is 29.1 Å². The molecule has 2 aliphatic rings. The number of carboxylic acid groups (broad SMARTS) is 1. The summed E-state index contributed by atoms with van der Waals surface area (Å²) in [7, 11) is 1.65. The van der Waals surface area contributed by atoms with Crippen molar-refractivity contribution in [3.8, 4) is 0 Å². The lowest BCUT2D eigenvalue weighted by Gasteiger charge is -2.39. The Balaban J connectivity index is 1.42. The number of aromatic nitrogens is 2. The number of piperazine rings is 1. The van der Waals surface area contributed by atoms with Gasteiger partial charge in [-0.05, 0) is 64.3 Å². The predicted octanol–water partition coefficient (Wildman–Crippen LogP) is 1.26. The van der Waals surface area contributed by atoms with E-state index in [1.54, 1.807) is 27.8 Å². The molecular formula is C26H35N5O7. The van der Waals surface area contributed by atoms with Crippen LogP contribution >= 0.6 is 0 Å². The van der Waals surface area contributed by atoms with Crippen molar-refractivity contribution in [1.29, 1.82) is 0 Å². The van der Waals surface area contributed by atoms with Crippen LogP contribution in [0.15, 0.2) is 23.0 Å². The van der Waals surface area contributed by atoms with Gasteiger partial charge in [0.25, 0.3) is 0 Å². The number of carbonyl (C=O) groups excluding carboxylic acids is 3. The third kappa shape index (κ3) is 5.74. The van der Waals surface area contributed by atoms with Crippen LogP contribution in [0, 0.1) is 0 Å². The summed E-state index contributed by atoms with van der Waals surface area (Å²) < 4.78 is 8.34. The number of benzene rings is 1. The number of hydrogen-bond acceptors (Lipinski definition) is 7. The van der Waals surface area contributed by atoms with Crippen molar-refractivity contribution in [2.24, 2.45) is 7.05 Å². The van der Waals surface area contributed by atoms with Gasteiger partial charge in [-0.3, -0.25) is 33.7 Å². The van der Waals surface area contributed by atoms with E-state index in [1.807, 2.05) is 23.1 Å². The van der Waals surface area contributed by atoms with Crippen molar-refractivity contribution >= 4 is 34.9 Å². The Kier molecular flexibility index (Phi) is 7.63. The van der Waals surface area contributed by atoms with Gasteiger partial charge in [-0.1, -0.05) is 6.07 Å². The summed E-state index contributed by atoms with van der Waals surface area (Å²) >= 11 is 0. The summed E-state index contributed by atoms with van der Waals surface area (Å²) in [6, 6.07) is 4.08. The van der Waals surface area contributed by atoms with Crippen molar-refractivity contribution in [3.63, 3.8) is 0 Å². The number of carboxylic acids is 1. The molecule has 1 aromatic heterocycles. The number of amides is 3. The van der Waals surface area contributed by atoms with Crippen LogP contribution in [0.2, 0.25) is 0 Å². The van der Waals surface area contributed by atoms with Crippen LogP contribution in [0.25, 0.3) is 11.0 Å². The van der Waals surface area contributed by atoms with Gasteiger partial charge in [0.2, 0.25) is 11.8 Å². The molecule has 4 rings (SSSR count). The number of ether oxygens (including phenoxy) is 1. The number of nitrogens with one attached hydrogen (secondary N) is 1. The summed E-state index contributed by atoms with van der Waals surface area (Å²) in [4.78, 5) is 64.5. The third-order valence-corrected chi connectivity index (χ3v) is 7.01. The standard InChI is InChI=1S/C26H35N5O7/c1-26(2,3)38-25(37)30-13-12-29(20(15-30)23(34)35)11-5-6-16-7-8-17-19(14-16)28(4)24(36)31(17)18-9-10-21(32)27-22(18)33/h7-8,14,18,20H,5-6,9-13,15H2,1-4H3,(H,34,35)(H,27,32,33)/t18?,20-/m0/s1. The van der Waals surface area contributed by atoms with Crippen LogP contribution in [-0.4, -0.2) is 85.7 Å². The number of aryl methyl sites for hydroxylation is 2. The highest BCUT2D eigenvalue weighted by Gasteiger charge is 2.36. The number of piperidine rings is 1. The fourth-order valence-corrected chi connectivity index (χ4v) is 5.10. The van der Waals surface area contributed by atoms with E-state index in [4.69, 9.17) is 4.74 Å². The molecule has 2 fully saturated rings. The topological polar surface area (TPSA) is 143 Å². The first-order valence-corrected chi connectivity index (χ1v) is 12.8. The molecule has 2 saturated heterocycles. The molecule has 2 N–H and O–H groups in total. The molecule has 12 nitrogen and oxygen atoms in total. The molecule has 0 radical (unpaired) electrons. The number of fused-ring (bicyclic) bond motifs is 1. The van der Waals surface area contributed by atoms with Crippen molar-refractivity contribution in [2.75, 3.05) is 26.2 Å². The van der Waals surface area contributed by atoms with E-state index in [0.29, 0.717) is 43.5 Å². The fraction of sp³-hybridized carbons (Fsp3) is 0.577. The second-order valence-corrected chi connectivity index (χ2v) is 10.9. The van der Waals surface area contributed by atoms with Gasteiger partial charge in [0.15, 0.2) is 0 Å². The third-order valence-electron chi connectivity index (χ3n) is 7.01. The average Bonchev–Trinajstić information content (AvgIpc) is 3.07. The molecule has 2 aliphatic heterocycles. The van der Waals surface area contributed by atoms with Gasteiger partial charge < -0.3 is 14.7 Å². The zero-order chi connectivity index (χ0) is 27.8. The van der Waals surface area contributed by atoms with Crippen molar-refractivity contribution in [2.45, 2.75) is 64.1 Å².